The van der Waals surface area contributed by atoms with Crippen molar-refractivity contribution in [1.29, 1.82) is 0 Å². The highest BCUT2D eigenvalue weighted by Gasteiger charge is 2.21. The molecule has 0 aliphatic rings. The van der Waals surface area contributed by atoms with E-state index in [1.165, 1.54) is 12.4 Å². The number of aromatic nitrogens is 2. The maximum absolute atomic E-state index is 12.4. The molecule has 1 heterocycles. The number of phenolic OH excluding ortho intramolecular Hbond substituents is 1. The number of nitro groups is 1. The van der Waals surface area contributed by atoms with Gasteiger partial charge >= 0.3 is 5.69 Å². The number of nitrogens with zero attached hydrogens (tertiary/aromatic N) is 3. The summed E-state index contributed by atoms with van der Waals surface area (Å²) < 4.78 is 28.7. The zero-order valence-corrected chi connectivity index (χ0v) is 14.1. The molecule has 0 aliphatic heterocycles. The van der Waals surface area contributed by atoms with Crippen molar-refractivity contribution in [3.8, 4) is 5.75 Å². The van der Waals surface area contributed by atoms with Crippen molar-refractivity contribution < 1.29 is 18.4 Å². The van der Waals surface area contributed by atoms with E-state index in [-0.39, 0.29) is 10.6 Å². The largest absolute Gasteiger partial charge is 0.502 e. The number of hydrogen-bond donors (Lipinski definition) is 2. The van der Waals surface area contributed by atoms with Gasteiger partial charge in [0.2, 0.25) is 0 Å². The summed E-state index contributed by atoms with van der Waals surface area (Å²) in [6.45, 7) is 0.466. The normalized spacial score (nSPS) is 11.2. The molecule has 0 saturated heterocycles. The van der Waals surface area contributed by atoms with E-state index in [9.17, 15) is 23.6 Å². The zero-order valence-electron chi connectivity index (χ0n) is 13.3. The summed E-state index contributed by atoms with van der Waals surface area (Å²) in [5.41, 5.74) is 0.531. The quantitative estimate of drug-likeness (QED) is 0.503. The summed E-state index contributed by atoms with van der Waals surface area (Å²) in [6, 6.07) is 12.3. The van der Waals surface area contributed by atoms with Gasteiger partial charge in [-0.15, -0.1) is 0 Å². The van der Waals surface area contributed by atoms with Crippen molar-refractivity contribution >= 4 is 21.4 Å². The van der Waals surface area contributed by atoms with E-state index in [0.29, 0.717) is 6.54 Å². The SMILES string of the molecule is O=[N+]([O-])c1cc(S(=O)(=O)Nc2cnn(Cc3ccccc3)c2)ccc1O. The predicted octanol–water partition coefficient (Wildman–Crippen LogP) is 2.35. The molecule has 1 aromatic heterocycles. The molecule has 10 heteroatoms. The molecule has 2 N–H and O–H groups in total. The topological polar surface area (TPSA) is 127 Å². The maximum Gasteiger partial charge on any atom is 0.312 e. The minimum Gasteiger partial charge on any atom is -0.502 e. The average Bonchev–Trinajstić information content (AvgIpc) is 3.01. The van der Waals surface area contributed by atoms with Crippen LogP contribution in [-0.2, 0) is 16.6 Å². The lowest BCUT2D eigenvalue weighted by molar-refractivity contribution is -0.386. The first kappa shape index (κ1) is 17.4. The van der Waals surface area contributed by atoms with Gasteiger partial charge in [0, 0.05) is 12.3 Å². The number of nitro benzene ring substituents is 1. The van der Waals surface area contributed by atoms with E-state index in [4.69, 9.17) is 0 Å². The van der Waals surface area contributed by atoms with Crippen LogP contribution in [0.15, 0.2) is 65.8 Å². The van der Waals surface area contributed by atoms with Crippen molar-refractivity contribution in [3.63, 3.8) is 0 Å². The Morgan fingerprint density at radius 2 is 1.92 bits per heavy atom. The fourth-order valence-electron chi connectivity index (χ4n) is 2.30. The van der Waals surface area contributed by atoms with Crippen LogP contribution >= 0.6 is 0 Å². The Balaban J connectivity index is 1.80. The lowest BCUT2D eigenvalue weighted by Crippen LogP contribution is -2.12. The molecule has 0 unspecified atom stereocenters. The number of nitrogens with one attached hydrogen (secondary N) is 1. The second-order valence-electron chi connectivity index (χ2n) is 5.43. The molecule has 9 nitrogen and oxygen atoms in total. The molecule has 0 atom stereocenters. The Bertz CT molecular complexity index is 1050. The monoisotopic (exact) mass is 374 g/mol. The molecule has 3 rings (SSSR count). The third-order valence-electron chi connectivity index (χ3n) is 3.53. The third-order valence-corrected chi connectivity index (χ3v) is 4.91. The number of phenols is 1. The Morgan fingerprint density at radius 1 is 1.19 bits per heavy atom. The van der Waals surface area contributed by atoms with Gasteiger partial charge in [0.05, 0.1) is 28.2 Å². The van der Waals surface area contributed by atoms with Crippen LogP contribution in [0, 0.1) is 10.1 Å². The van der Waals surface area contributed by atoms with E-state index >= 15 is 0 Å². The summed E-state index contributed by atoms with van der Waals surface area (Å²) in [5, 5.41) is 24.4. The third kappa shape index (κ3) is 3.81. The molecule has 0 bridgehead atoms. The lowest BCUT2D eigenvalue weighted by Gasteiger charge is -2.06. The van der Waals surface area contributed by atoms with Crippen molar-refractivity contribution in [2.24, 2.45) is 0 Å². The zero-order chi connectivity index (χ0) is 18.7. The maximum atomic E-state index is 12.4. The van der Waals surface area contributed by atoms with Crippen LogP contribution in [0.3, 0.4) is 0 Å². The van der Waals surface area contributed by atoms with Gasteiger partial charge in [0.15, 0.2) is 5.75 Å². The average molecular weight is 374 g/mol. The molecule has 0 amide bonds. The van der Waals surface area contributed by atoms with Crippen LogP contribution in [0.2, 0.25) is 0 Å². The predicted molar refractivity (Wildman–Crippen MR) is 93.3 cm³/mol. The molecule has 0 radical (unpaired) electrons. The first-order chi connectivity index (χ1) is 12.3. The summed E-state index contributed by atoms with van der Waals surface area (Å²) in [5.74, 6) is -0.607. The van der Waals surface area contributed by atoms with Gasteiger partial charge in [-0.1, -0.05) is 30.3 Å². The van der Waals surface area contributed by atoms with E-state index in [2.05, 4.69) is 9.82 Å². The highest BCUT2D eigenvalue weighted by molar-refractivity contribution is 7.92. The smallest absolute Gasteiger partial charge is 0.312 e. The minimum atomic E-state index is -4.06. The van der Waals surface area contributed by atoms with Crippen molar-refractivity contribution in [2.45, 2.75) is 11.4 Å². The highest BCUT2D eigenvalue weighted by atomic mass is 32.2. The highest BCUT2D eigenvalue weighted by Crippen LogP contribution is 2.29. The van der Waals surface area contributed by atoms with Crippen molar-refractivity contribution in [1.82, 2.24) is 9.78 Å². The number of benzene rings is 2. The first-order valence-corrected chi connectivity index (χ1v) is 8.90. The number of anilines is 1. The molecule has 3 aromatic rings. The van der Waals surface area contributed by atoms with Crippen LogP contribution in [0.4, 0.5) is 11.4 Å². The van der Waals surface area contributed by atoms with E-state index in [1.807, 2.05) is 30.3 Å². The summed E-state index contributed by atoms with van der Waals surface area (Å²) >= 11 is 0. The number of hydrogen-bond acceptors (Lipinski definition) is 6. The van der Waals surface area contributed by atoms with Gasteiger partial charge < -0.3 is 5.11 Å². The van der Waals surface area contributed by atoms with Crippen molar-refractivity contribution in [2.75, 3.05) is 4.72 Å². The fraction of sp³-hybridized carbons (Fsp3) is 0.0625. The standard InChI is InChI=1S/C16H14N4O5S/c21-16-7-6-14(8-15(16)20(22)23)26(24,25)18-13-9-17-19(11-13)10-12-4-2-1-3-5-12/h1-9,11,18,21H,10H2. The van der Waals surface area contributed by atoms with E-state index < -0.39 is 26.4 Å². The molecule has 2 aromatic carbocycles. The second-order valence-corrected chi connectivity index (χ2v) is 7.11. The Kier molecular flexibility index (Phi) is 4.59. The fourth-order valence-corrected chi connectivity index (χ4v) is 3.35. The Morgan fingerprint density at radius 3 is 2.62 bits per heavy atom. The van der Waals surface area contributed by atoms with Crippen LogP contribution < -0.4 is 4.72 Å². The van der Waals surface area contributed by atoms with Crippen LogP contribution in [0.5, 0.6) is 5.75 Å². The van der Waals surface area contributed by atoms with Gasteiger partial charge in [-0.25, -0.2) is 8.42 Å². The molecule has 0 aliphatic carbocycles. The van der Waals surface area contributed by atoms with Gasteiger partial charge in [-0.2, -0.15) is 5.10 Å². The van der Waals surface area contributed by atoms with Crippen LogP contribution in [0.25, 0.3) is 0 Å². The summed E-state index contributed by atoms with van der Waals surface area (Å²) in [6.07, 6.45) is 2.86. The Hall–Kier alpha value is -3.40. The molecular formula is C16H14N4O5S. The van der Waals surface area contributed by atoms with Gasteiger partial charge in [0.1, 0.15) is 0 Å². The summed E-state index contributed by atoms with van der Waals surface area (Å²) in [4.78, 5) is 9.66. The van der Waals surface area contributed by atoms with E-state index in [0.717, 1.165) is 23.8 Å². The number of aromatic hydroxyl groups is 1. The molecule has 0 spiro atoms. The lowest BCUT2D eigenvalue weighted by atomic mass is 10.2. The molecule has 26 heavy (non-hydrogen) atoms. The van der Waals surface area contributed by atoms with Crippen LogP contribution in [0.1, 0.15) is 5.56 Å². The first-order valence-electron chi connectivity index (χ1n) is 7.42. The van der Waals surface area contributed by atoms with E-state index in [1.54, 1.807) is 4.68 Å². The molecule has 134 valence electrons. The minimum absolute atomic E-state index is 0.219. The Labute approximate surface area is 148 Å². The van der Waals surface area contributed by atoms with Crippen LogP contribution in [-0.4, -0.2) is 28.2 Å². The second kappa shape index (κ2) is 6.84. The summed E-state index contributed by atoms with van der Waals surface area (Å²) in [7, 11) is -4.06. The molecule has 0 fully saturated rings. The number of sulfonamides is 1. The van der Waals surface area contributed by atoms with Gasteiger partial charge in [0.25, 0.3) is 10.0 Å². The van der Waals surface area contributed by atoms with Crippen molar-refractivity contribution in [3.05, 3.63) is 76.6 Å². The van der Waals surface area contributed by atoms with Gasteiger partial charge in [-0.05, 0) is 17.7 Å². The number of rotatable bonds is 6. The molecule has 0 saturated carbocycles. The van der Waals surface area contributed by atoms with Gasteiger partial charge in [-0.3, -0.25) is 19.5 Å². The molecular weight excluding hydrogens is 360 g/mol.